The molecule has 0 bridgehead atoms. The van der Waals surface area contributed by atoms with Crippen molar-refractivity contribution in [3.63, 3.8) is 0 Å². The van der Waals surface area contributed by atoms with Crippen molar-refractivity contribution in [2.45, 2.75) is 55.6 Å². The van der Waals surface area contributed by atoms with Gasteiger partial charge in [-0.25, -0.2) is 8.42 Å². The first kappa shape index (κ1) is 33.0. The third kappa shape index (κ3) is 8.27. The number of para-hydroxylation sites is 1. The summed E-state index contributed by atoms with van der Waals surface area (Å²) >= 11 is 6.16. The third-order valence-electron chi connectivity index (χ3n) is 8.21. The van der Waals surface area contributed by atoms with Gasteiger partial charge in [0.05, 0.1) is 17.7 Å². The molecule has 0 aromatic heterocycles. The molecule has 8 nitrogen and oxygen atoms in total. The fourth-order valence-corrected chi connectivity index (χ4v) is 7.25. The van der Waals surface area contributed by atoms with E-state index in [4.69, 9.17) is 16.3 Å². The van der Waals surface area contributed by atoms with Gasteiger partial charge in [0.2, 0.25) is 11.8 Å². The van der Waals surface area contributed by atoms with Crippen LogP contribution in [0.15, 0.2) is 114 Å². The Balaban J connectivity index is 1.54. The summed E-state index contributed by atoms with van der Waals surface area (Å²) in [6.45, 7) is -0.440. The smallest absolute Gasteiger partial charge is 0.264 e. The molecule has 0 heterocycles. The van der Waals surface area contributed by atoms with Crippen LogP contribution in [0.1, 0.15) is 36.8 Å². The van der Waals surface area contributed by atoms with E-state index in [9.17, 15) is 18.0 Å². The summed E-state index contributed by atoms with van der Waals surface area (Å²) < 4.78 is 34.6. The fraction of sp³-hybridized carbons (Fsp3) is 0.278. The molecule has 1 aliphatic rings. The summed E-state index contributed by atoms with van der Waals surface area (Å²) in [4.78, 5) is 30.1. The normalized spacial score (nSPS) is 14.0. The minimum absolute atomic E-state index is 0.00835. The number of amides is 2. The number of carbonyl (C=O) groups excluding carboxylic acids is 2. The average Bonchev–Trinajstić information content (AvgIpc) is 3.59. The first-order chi connectivity index (χ1) is 22.2. The second-order valence-electron chi connectivity index (χ2n) is 11.4. The lowest BCUT2D eigenvalue weighted by Crippen LogP contribution is -2.54. The predicted octanol–water partition coefficient (Wildman–Crippen LogP) is 6.24. The number of carbonyl (C=O) groups is 2. The van der Waals surface area contributed by atoms with Crippen molar-refractivity contribution in [2.75, 3.05) is 18.0 Å². The molecular weight excluding hydrogens is 622 g/mol. The summed E-state index contributed by atoms with van der Waals surface area (Å²) in [5.41, 5.74) is 1.97. The Morgan fingerprint density at radius 2 is 1.46 bits per heavy atom. The van der Waals surface area contributed by atoms with Crippen molar-refractivity contribution >= 4 is 39.1 Å². The van der Waals surface area contributed by atoms with Gasteiger partial charge >= 0.3 is 0 Å². The summed E-state index contributed by atoms with van der Waals surface area (Å²) in [7, 11) is -2.69. The van der Waals surface area contributed by atoms with Crippen LogP contribution in [0, 0.1) is 0 Å². The number of hydrogen-bond acceptors (Lipinski definition) is 5. The maximum atomic E-state index is 14.5. The molecule has 5 rings (SSSR count). The van der Waals surface area contributed by atoms with Crippen molar-refractivity contribution in [1.82, 2.24) is 10.2 Å². The monoisotopic (exact) mass is 659 g/mol. The largest absolute Gasteiger partial charge is 0.497 e. The maximum Gasteiger partial charge on any atom is 0.264 e. The van der Waals surface area contributed by atoms with Gasteiger partial charge in [-0.2, -0.15) is 0 Å². The Bertz CT molecular complexity index is 1700. The van der Waals surface area contributed by atoms with Gasteiger partial charge in [0, 0.05) is 24.0 Å². The number of methoxy groups -OCH3 is 1. The van der Waals surface area contributed by atoms with E-state index in [-0.39, 0.29) is 29.8 Å². The van der Waals surface area contributed by atoms with Gasteiger partial charge in [-0.05, 0) is 72.5 Å². The summed E-state index contributed by atoms with van der Waals surface area (Å²) in [5.74, 6) is -0.270. The van der Waals surface area contributed by atoms with Crippen LogP contribution in [-0.4, -0.2) is 50.9 Å². The van der Waals surface area contributed by atoms with Gasteiger partial charge in [0.15, 0.2) is 0 Å². The Hall–Kier alpha value is -4.34. The SMILES string of the molecule is COc1ccc(S(=O)(=O)N(CC(=O)N(Cc2ccc(Cl)cc2)[C@@H](Cc2ccccc2)C(=O)NC2CCCC2)c2ccccc2)cc1. The van der Waals surface area contributed by atoms with Crippen molar-refractivity contribution in [3.05, 3.63) is 125 Å². The van der Waals surface area contributed by atoms with Crippen molar-refractivity contribution in [2.24, 2.45) is 0 Å². The lowest BCUT2D eigenvalue weighted by Gasteiger charge is -2.34. The number of nitrogens with one attached hydrogen (secondary N) is 1. The number of anilines is 1. The molecule has 0 radical (unpaired) electrons. The minimum atomic E-state index is -4.20. The Morgan fingerprint density at radius 1 is 0.848 bits per heavy atom. The highest BCUT2D eigenvalue weighted by atomic mass is 35.5. The molecule has 1 aliphatic carbocycles. The average molecular weight is 660 g/mol. The van der Waals surface area contributed by atoms with Crippen LogP contribution < -0.4 is 14.4 Å². The van der Waals surface area contributed by atoms with Gasteiger partial charge in [0.25, 0.3) is 10.0 Å². The number of halogens is 1. The quantitative estimate of drug-likeness (QED) is 0.183. The van der Waals surface area contributed by atoms with Gasteiger partial charge in [0.1, 0.15) is 18.3 Å². The van der Waals surface area contributed by atoms with Crippen LogP contribution in [0.5, 0.6) is 5.75 Å². The number of hydrogen-bond donors (Lipinski definition) is 1. The zero-order valence-electron chi connectivity index (χ0n) is 25.7. The van der Waals surface area contributed by atoms with E-state index in [0.717, 1.165) is 41.1 Å². The van der Waals surface area contributed by atoms with Gasteiger partial charge in [-0.3, -0.25) is 13.9 Å². The van der Waals surface area contributed by atoms with Crippen LogP contribution in [-0.2, 0) is 32.6 Å². The molecule has 240 valence electrons. The Kier molecular flexibility index (Phi) is 11.0. The summed E-state index contributed by atoms with van der Waals surface area (Å²) in [6.07, 6.45) is 4.11. The minimum Gasteiger partial charge on any atom is -0.497 e. The number of benzene rings is 4. The molecule has 1 N–H and O–H groups in total. The lowest BCUT2D eigenvalue weighted by molar-refractivity contribution is -0.140. The van der Waals surface area contributed by atoms with Gasteiger partial charge in [-0.15, -0.1) is 0 Å². The zero-order valence-corrected chi connectivity index (χ0v) is 27.3. The van der Waals surface area contributed by atoms with E-state index < -0.39 is 28.5 Å². The van der Waals surface area contributed by atoms with E-state index in [1.54, 1.807) is 66.7 Å². The number of sulfonamides is 1. The van der Waals surface area contributed by atoms with E-state index >= 15 is 0 Å². The molecule has 4 aromatic rings. The van der Waals surface area contributed by atoms with Crippen LogP contribution >= 0.6 is 11.6 Å². The second kappa shape index (κ2) is 15.3. The highest BCUT2D eigenvalue weighted by Crippen LogP contribution is 2.27. The Labute approximate surface area is 276 Å². The molecule has 0 saturated heterocycles. The molecule has 4 aromatic carbocycles. The van der Waals surface area contributed by atoms with Gasteiger partial charge < -0.3 is 15.0 Å². The van der Waals surface area contributed by atoms with E-state index in [2.05, 4.69) is 5.32 Å². The van der Waals surface area contributed by atoms with Crippen LogP contribution in [0.3, 0.4) is 0 Å². The molecule has 1 atom stereocenters. The molecule has 1 fully saturated rings. The number of rotatable bonds is 13. The van der Waals surface area contributed by atoms with Gasteiger partial charge in [-0.1, -0.05) is 85.1 Å². The molecule has 46 heavy (non-hydrogen) atoms. The molecule has 2 amide bonds. The van der Waals surface area contributed by atoms with Crippen molar-refractivity contribution in [3.8, 4) is 5.75 Å². The molecule has 0 aliphatic heterocycles. The molecular formula is C36H38ClN3O5S. The Morgan fingerprint density at radius 3 is 2.07 bits per heavy atom. The standard InChI is InChI=1S/C36H38ClN3O5S/c1-45-32-20-22-33(23-21-32)46(43,44)40(31-14-6-3-7-15-31)26-35(41)39(25-28-16-18-29(37)19-17-28)34(24-27-10-4-2-5-11-27)36(42)38-30-12-8-9-13-30/h2-7,10-11,14-23,30,34H,8-9,12-13,24-26H2,1H3,(H,38,42)/t34-/m0/s1. The van der Waals surface area contributed by atoms with Crippen molar-refractivity contribution in [1.29, 1.82) is 0 Å². The number of nitrogens with zero attached hydrogens (tertiary/aromatic N) is 2. The maximum absolute atomic E-state index is 14.5. The predicted molar refractivity (Wildman–Crippen MR) is 180 cm³/mol. The van der Waals surface area contributed by atoms with E-state index in [1.165, 1.54) is 24.1 Å². The molecule has 0 unspecified atom stereocenters. The van der Waals surface area contributed by atoms with Crippen molar-refractivity contribution < 1.29 is 22.7 Å². The zero-order chi connectivity index (χ0) is 32.5. The van der Waals surface area contributed by atoms with Crippen LogP contribution in [0.4, 0.5) is 5.69 Å². The number of ether oxygens (including phenoxy) is 1. The van der Waals surface area contributed by atoms with Crippen LogP contribution in [0.25, 0.3) is 0 Å². The molecule has 10 heteroatoms. The molecule has 1 saturated carbocycles. The van der Waals surface area contributed by atoms with Crippen LogP contribution in [0.2, 0.25) is 5.02 Å². The summed E-state index contributed by atoms with van der Waals surface area (Å²) in [6, 6.07) is 30.3. The fourth-order valence-electron chi connectivity index (χ4n) is 5.71. The van der Waals surface area contributed by atoms with E-state index in [1.807, 2.05) is 30.3 Å². The lowest BCUT2D eigenvalue weighted by atomic mass is 10.0. The second-order valence-corrected chi connectivity index (χ2v) is 13.7. The summed E-state index contributed by atoms with van der Waals surface area (Å²) in [5, 5.41) is 3.73. The first-order valence-electron chi connectivity index (χ1n) is 15.3. The van der Waals surface area contributed by atoms with E-state index in [0.29, 0.717) is 16.5 Å². The topological polar surface area (TPSA) is 96.0 Å². The highest BCUT2D eigenvalue weighted by molar-refractivity contribution is 7.92. The highest BCUT2D eigenvalue weighted by Gasteiger charge is 2.35. The molecule has 0 spiro atoms. The third-order valence-corrected chi connectivity index (χ3v) is 10.2. The first-order valence-corrected chi connectivity index (χ1v) is 17.2.